The Bertz CT molecular complexity index is 745. The van der Waals surface area contributed by atoms with Crippen molar-refractivity contribution in [2.45, 2.75) is 19.3 Å². The lowest BCUT2D eigenvalue weighted by Gasteiger charge is -2.21. The Balaban J connectivity index is 1.86. The number of hydrogen-bond acceptors (Lipinski definition) is 4. The number of H-pyrrole nitrogens is 1. The largest absolute Gasteiger partial charge is 0.454 e. The van der Waals surface area contributed by atoms with E-state index in [-0.39, 0.29) is 6.79 Å². The van der Waals surface area contributed by atoms with Crippen molar-refractivity contribution in [2.24, 2.45) is 0 Å². The molecule has 106 valence electrons. The maximum absolute atomic E-state index is 9.45. The molecule has 0 spiro atoms. The minimum absolute atomic E-state index is 0.260. The van der Waals surface area contributed by atoms with Crippen molar-refractivity contribution in [2.75, 3.05) is 24.8 Å². The molecule has 0 unspecified atom stereocenters. The topological polar surface area (TPSA) is 59.6 Å². The molecule has 5 nitrogen and oxygen atoms in total. The molecule has 1 fully saturated rings. The van der Waals surface area contributed by atoms with Crippen LogP contribution in [0.3, 0.4) is 0 Å². The number of nitrogens with one attached hydrogen (secondary N) is 1. The van der Waals surface area contributed by atoms with Crippen LogP contribution in [0.5, 0.6) is 11.5 Å². The summed E-state index contributed by atoms with van der Waals surface area (Å²) in [6.45, 7) is 2.26. The summed E-state index contributed by atoms with van der Waals surface area (Å²) < 4.78 is 10.8. The van der Waals surface area contributed by atoms with E-state index in [1.54, 1.807) is 0 Å². The van der Waals surface area contributed by atoms with Crippen molar-refractivity contribution < 1.29 is 14.5 Å². The van der Waals surface area contributed by atoms with E-state index in [2.05, 4.69) is 16.0 Å². The van der Waals surface area contributed by atoms with E-state index in [0.29, 0.717) is 5.56 Å². The number of ether oxygens (including phenoxy) is 2. The molecule has 21 heavy (non-hydrogen) atoms. The van der Waals surface area contributed by atoms with Crippen LogP contribution < -0.4 is 19.4 Å². The number of pyridine rings is 1. The Morgan fingerprint density at radius 1 is 1.05 bits per heavy atom. The molecule has 3 heterocycles. The van der Waals surface area contributed by atoms with Crippen molar-refractivity contribution in [3.05, 3.63) is 23.8 Å². The molecule has 0 aliphatic carbocycles. The third-order valence-corrected chi connectivity index (χ3v) is 4.15. The highest BCUT2D eigenvalue weighted by atomic mass is 16.7. The third-order valence-electron chi connectivity index (χ3n) is 4.15. The summed E-state index contributed by atoms with van der Waals surface area (Å²) in [7, 11) is 0. The molecule has 2 aliphatic rings. The number of benzene rings is 1. The summed E-state index contributed by atoms with van der Waals surface area (Å²) in [5.74, 6) is 2.42. The van der Waals surface area contributed by atoms with Gasteiger partial charge in [-0.05, 0) is 31.4 Å². The molecule has 0 bridgehead atoms. The van der Waals surface area contributed by atoms with Gasteiger partial charge >= 0.3 is 0 Å². The Morgan fingerprint density at radius 2 is 1.81 bits per heavy atom. The van der Waals surface area contributed by atoms with Gasteiger partial charge in [0.15, 0.2) is 11.5 Å². The lowest BCUT2D eigenvalue weighted by Crippen LogP contribution is -2.35. The second-order valence-electron chi connectivity index (χ2n) is 5.48. The van der Waals surface area contributed by atoms with Crippen LogP contribution in [0.2, 0.25) is 0 Å². The molecule has 4 rings (SSSR count). The quantitative estimate of drug-likeness (QED) is 0.805. The Kier molecular flexibility index (Phi) is 2.81. The number of hydrogen-bond donors (Lipinski definition) is 0. The van der Waals surface area contributed by atoms with Crippen LogP contribution in [0, 0.1) is 11.3 Å². The van der Waals surface area contributed by atoms with Crippen LogP contribution in [0.1, 0.15) is 24.8 Å². The maximum atomic E-state index is 9.45. The number of nitriles is 1. The Labute approximate surface area is 122 Å². The van der Waals surface area contributed by atoms with Gasteiger partial charge in [-0.3, -0.25) is 4.90 Å². The van der Waals surface area contributed by atoms with Crippen molar-refractivity contribution >= 4 is 16.7 Å². The number of aromatic amines is 1. The SMILES string of the molecule is N#Cc1cc2cc3c(cc2[nH+]c1N1CCCCC1)OCO3. The number of anilines is 1. The standard InChI is InChI=1S/C16H15N3O2/c17-9-12-6-11-7-14-15(21-10-20-14)8-13(11)18-16(12)19-4-2-1-3-5-19/h6-8H,1-5,10H2/p+1. The minimum Gasteiger partial charge on any atom is -0.454 e. The van der Waals surface area contributed by atoms with Crippen molar-refractivity contribution in [3.8, 4) is 17.6 Å². The van der Waals surface area contributed by atoms with E-state index in [1.165, 1.54) is 19.3 Å². The normalized spacial score (nSPS) is 17.0. The van der Waals surface area contributed by atoms with E-state index in [0.717, 1.165) is 41.3 Å². The number of fused-ring (bicyclic) bond motifs is 2. The van der Waals surface area contributed by atoms with E-state index in [9.17, 15) is 5.26 Å². The van der Waals surface area contributed by atoms with E-state index in [4.69, 9.17) is 9.47 Å². The van der Waals surface area contributed by atoms with Gasteiger partial charge in [0.25, 0.3) is 5.82 Å². The van der Waals surface area contributed by atoms with Gasteiger partial charge in [0, 0.05) is 11.5 Å². The molecule has 1 N–H and O–H groups in total. The zero-order valence-electron chi connectivity index (χ0n) is 11.7. The average molecular weight is 282 g/mol. The molecule has 5 heteroatoms. The lowest BCUT2D eigenvalue weighted by molar-refractivity contribution is -0.331. The molecule has 1 aromatic carbocycles. The van der Waals surface area contributed by atoms with Crippen LogP contribution in [0.15, 0.2) is 18.2 Å². The smallest absolute Gasteiger partial charge is 0.293 e. The fraction of sp³-hybridized carbons (Fsp3) is 0.375. The second-order valence-corrected chi connectivity index (χ2v) is 5.48. The van der Waals surface area contributed by atoms with Gasteiger partial charge in [0.05, 0.1) is 13.1 Å². The molecule has 0 amide bonds. The zero-order chi connectivity index (χ0) is 14.2. The third kappa shape index (κ3) is 2.04. The minimum atomic E-state index is 0.260. The van der Waals surface area contributed by atoms with E-state index < -0.39 is 0 Å². The van der Waals surface area contributed by atoms with Crippen LogP contribution in [0.4, 0.5) is 5.82 Å². The highest BCUT2D eigenvalue weighted by Gasteiger charge is 2.25. The highest BCUT2D eigenvalue weighted by Crippen LogP contribution is 2.35. The van der Waals surface area contributed by atoms with Gasteiger partial charge in [-0.15, -0.1) is 0 Å². The summed E-state index contributed by atoms with van der Waals surface area (Å²) >= 11 is 0. The van der Waals surface area contributed by atoms with Gasteiger partial charge in [0.1, 0.15) is 17.1 Å². The zero-order valence-corrected chi connectivity index (χ0v) is 11.7. The molecule has 0 atom stereocenters. The van der Waals surface area contributed by atoms with Crippen molar-refractivity contribution in [3.63, 3.8) is 0 Å². The molecule has 0 saturated carbocycles. The van der Waals surface area contributed by atoms with Crippen LogP contribution in [0.25, 0.3) is 10.9 Å². The number of aromatic nitrogens is 1. The first-order chi connectivity index (χ1) is 10.3. The first kappa shape index (κ1) is 12.3. The number of nitrogens with zero attached hydrogens (tertiary/aromatic N) is 2. The average Bonchev–Trinajstić information content (AvgIpc) is 2.99. The fourth-order valence-corrected chi connectivity index (χ4v) is 3.06. The molecule has 1 saturated heterocycles. The summed E-state index contributed by atoms with van der Waals surface area (Å²) in [6.07, 6.45) is 3.63. The van der Waals surface area contributed by atoms with Crippen LogP contribution in [-0.2, 0) is 0 Å². The Hall–Kier alpha value is -2.48. The first-order valence-electron chi connectivity index (χ1n) is 7.30. The summed E-state index contributed by atoms with van der Waals surface area (Å²) in [6, 6.07) is 8.11. The second kappa shape index (κ2) is 4.81. The molecule has 2 aromatic rings. The lowest BCUT2D eigenvalue weighted by atomic mass is 10.1. The summed E-state index contributed by atoms with van der Waals surface area (Å²) in [5, 5.41) is 10.4. The Morgan fingerprint density at radius 3 is 2.57 bits per heavy atom. The summed E-state index contributed by atoms with van der Waals surface area (Å²) in [5.41, 5.74) is 1.65. The van der Waals surface area contributed by atoms with E-state index >= 15 is 0 Å². The molecule has 2 aliphatic heterocycles. The first-order valence-corrected chi connectivity index (χ1v) is 7.30. The van der Waals surface area contributed by atoms with Crippen molar-refractivity contribution in [1.82, 2.24) is 0 Å². The van der Waals surface area contributed by atoms with Gasteiger partial charge in [-0.2, -0.15) is 5.26 Å². The van der Waals surface area contributed by atoms with Gasteiger partial charge in [0.2, 0.25) is 6.79 Å². The molecular weight excluding hydrogens is 266 g/mol. The molecule has 0 radical (unpaired) electrons. The van der Waals surface area contributed by atoms with E-state index in [1.807, 2.05) is 18.2 Å². The fourth-order valence-electron chi connectivity index (χ4n) is 3.06. The monoisotopic (exact) mass is 282 g/mol. The predicted molar refractivity (Wildman–Crippen MR) is 77.4 cm³/mol. The molecular formula is C16H16N3O2+. The molecule has 1 aromatic heterocycles. The van der Waals surface area contributed by atoms with Crippen LogP contribution in [-0.4, -0.2) is 19.9 Å². The predicted octanol–water partition coefficient (Wildman–Crippen LogP) is 2.24. The van der Waals surface area contributed by atoms with Gasteiger partial charge in [-0.25, -0.2) is 4.98 Å². The van der Waals surface area contributed by atoms with Gasteiger partial charge < -0.3 is 9.47 Å². The highest BCUT2D eigenvalue weighted by molar-refractivity contribution is 5.83. The van der Waals surface area contributed by atoms with Gasteiger partial charge in [-0.1, -0.05) is 0 Å². The number of rotatable bonds is 1. The van der Waals surface area contributed by atoms with Crippen molar-refractivity contribution in [1.29, 1.82) is 5.26 Å². The summed E-state index contributed by atoms with van der Waals surface area (Å²) in [4.78, 5) is 5.68. The number of piperidine rings is 1. The maximum Gasteiger partial charge on any atom is 0.293 e. The van der Waals surface area contributed by atoms with Crippen LogP contribution >= 0.6 is 0 Å².